The van der Waals surface area contributed by atoms with Crippen LogP contribution in [0.15, 0.2) is 53.4 Å². The molecule has 0 aliphatic carbocycles. The molecule has 1 heterocycles. The first-order valence-corrected chi connectivity index (χ1v) is 14.2. The van der Waals surface area contributed by atoms with Gasteiger partial charge >= 0.3 is 0 Å². The zero-order valence-electron chi connectivity index (χ0n) is 18.7. The van der Waals surface area contributed by atoms with Crippen LogP contribution in [0, 0.1) is 12.7 Å². The summed E-state index contributed by atoms with van der Waals surface area (Å²) < 4.78 is 65.2. The molecule has 6 nitrogen and oxygen atoms in total. The Bertz CT molecular complexity index is 1130. The van der Waals surface area contributed by atoms with Crippen molar-refractivity contribution < 1.29 is 21.2 Å². The fourth-order valence-electron chi connectivity index (χ4n) is 4.34. The van der Waals surface area contributed by atoms with Crippen molar-refractivity contribution in [3.8, 4) is 0 Å². The number of hydrogen-bond donors (Lipinski definition) is 1. The van der Waals surface area contributed by atoms with E-state index in [9.17, 15) is 21.2 Å². The molecule has 0 amide bonds. The van der Waals surface area contributed by atoms with Gasteiger partial charge in [-0.25, -0.2) is 21.2 Å². The van der Waals surface area contributed by atoms with Gasteiger partial charge in [0.05, 0.1) is 21.7 Å². The van der Waals surface area contributed by atoms with Crippen molar-refractivity contribution in [2.75, 3.05) is 31.1 Å². The molecule has 0 bridgehead atoms. The van der Waals surface area contributed by atoms with Crippen LogP contribution in [0.25, 0.3) is 0 Å². The van der Waals surface area contributed by atoms with E-state index in [0.29, 0.717) is 6.54 Å². The molecular formula is C23H31FN2O4S2. The molecule has 1 aliphatic rings. The van der Waals surface area contributed by atoms with Crippen LogP contribution < -0.4 is 5.32 Å². The summed E-state index contributed by atoms with van der Waals surface area (Å²) in [7, 11) is -7.49. The topological polar surface area (TPSA) is 83.6 Å². The van der Waals surface area contributed by atoms with E-state index >= 15 is 0 Å². The van der Waals surface area contributed by atoms with E-state index in [1.165, 1.54) is 19.1 Å². The zero-order chi connectivity index (χ0) is 23.5. The Kier molecular flexibility index (Phi) is 7.75. The third-order valence-electron chi connectivity index (χ3n) is 6.17. The van der Waals surface area contributed by atoms with E-state index in [1.54, 1.807) is 0 Å². The van der Waals surface area contributed by atoms with Crippen molar-refractivity contribution in [1.29, 1.82) is 0 Å². The summed E-state index contributed by atoms with van der Waals surface area (Å²) in [5.74, 6) is -1.18. The van der Waals surface area contributed by atoms with Gasteiger partial charge in [0.25, 0.3) is 0 Å². The molecule has 9 heteroatoms. The van der Waals surface area contributed by atoms with Gasteiger partial charge in [-0.05, 0) is 49.3 Å². The van der Waals surface area contributed by atoms with Crippen molar-refractivity contribution in [2.45, 2.75) is 43.0 Å². The highest BCUT2D eigenvalue weighted by Gasteiger charge is 2.46. The third-order valence-corrected chi connectivity index (χ3v) is 10.3. The highest BCUT2D eigenvalue weighted by Crippen LogP contribution is 2.28. The summed E-state index contributed by atoms with van der Waals surface area (Å²) in [4.78, 5) is 2.20. The van der Waals surface area contributed by atoms with Crippen LogP contribution >= 0.6 is 0 Å². The molecule has 0 radical (unpaired) electrons. The molecule has 1 unspecified atom stereocenters. The van der Waals surface area contributed by atoms with Crippen molar-refractivity contribution in [3.05, 3.63) is 65.5 Å². The number of likely N-dealkylation sites (N-methyl/N-ethyl adjacent to an activating group) is 1. The molecule has 2 aromatic carbocycles. The fourth-order valence-corrected chi connectivity index (χ4v) is 9.14. The number of aryl methyl sites for hydroxylation is 1. The number of hydrogen-bond acceptors (Lipinski definition) is 6. The molecule has 0 saturated carbocycles. The van der Waals surface area contributed by atoms with Crippen LogP contribution in [0.3, 0.4) is 0 Å². The van der Waals surface area contributed by atoms with Crippen LogP contribution in [-0.2, 0) is 19.7 Å². The summed E-state index contributed by atoms with van der Waals surface area (Å²) in [6.07, 6.45) is 0. The number of benzene rings is 2. The van der Waals surface area contributed by atoms with E-state index in [-0.39, 0.29) is 22.3 Å². The lowest BCUT2D eigenvalue weighted by Crippen LogP contribution is -2.47. The second-order valence-electron chi connectivity index (χ2n) is 8.23. The lowest BCUT2D eigenvalue weighted by molar-refractivity contribution is 0.209. The van der Waals surface area contributed by atoms with Crippen LogP contribution in [0.5, 0.6) is 0 Å². The SMILES string of the molecule is CCN(CC)C(CN[C@H]1CS(=O)(=O)C[C@@H]1S(=O)(=O)c1ccc(F)c(C)c1)c1ccccc1. The summed E-state index contributed by atoms with van der Waals surface area (Å²) >= 11 is 0. The molecule has 0 spiro atoms. The Hall–Kier alpha value is -1.81. The Morgan fingerprint density at radius 3 is 2.34 bits per heavy atom. The minimum atomic E-state index is -3.96. The van der Waals surface area contributed by atoms with Crippen LogP contribution in [0.1, 0.15) is 31.0 Å². The summed E-state index contributed by atoms with van der Waals surface area (Å²) in [6, 6.07) is 12.7. The maximum absolute atomic E-state index is 13.7. The number of sulfone groups is 2. The number of halogens is 1. The van der Waals surface area contributed by atoms with E-state index in [2.05, 4.69) is 24.1 Å². The van der Waals surface area contributed by atoms with Gasteiger partial charge in [-0.3, -0.25) is 4.90 Å². The molecule has 1 saturated heterocycles. The van der Waals surface area contributed by atoms with Gasteiger partial charge in [0.1, 0.15) is 5.82 Å². The fraction of sp³-hybridized carbons (Fsp3) is 0.478. The molecule has 3 rings (SSSR count). The molecule has 32 heavy (non-hydrogen) atoms. The molecule has 176 valence electrons. The first-order valence-electron chi connectivity index (χ1n) is 10.8. The molecule has 1 aliphatic heterocycles. The lowest BCUT2D eigenvalue weighted by Gasteiger charge is -2.32. The quantitative estimate of drug-likeness (QED) is 0.554. The van der Waals surface area contributed by atoms with E-state index in [1.807, 2.05) is 30.3 Å². The van der Waals surface area contributed by atoms with Crippen molar-refractivity contribution in [3.63, 3.8) is 0 Å². The molecule has 1 N–H and O–H groups in total. The minimum Gasteiger partial charge on any atom is -0.310 e. The van der Waals surface area contributed by atoms with E-state index < -0.39 is 42.5 Å². The monoisotopic (exact) mass is 482 g/mol. The minimum absolute atomic E-state index is 0.0223. The van der Waals surface area contributed by atoms with Crippen molar-refractivity contribution >= 4 is 19.7 Å². The first-order chi connectivity index (χ1) is 15.1. The van der Waals surface area contributed by atoms with Crippen LogP contribution in [0.2, 0.25) is 0 Å². The zero-order valence-corrected chi connectivity index (χ0v) is 20.3. The average Bonchev–Trinajstić information content (AvgIpc) is 3.08. The number of nitrogens with one attached hydrogen (secondary N) is 1. The average molecular weight is 483 g/mol. The maximum atomic E-state index is 13.7. The van der Waals surface area contributed by atoms with Crippen molar-refractivity contribution in [2.24, 2.45) is 0 Å². The number of rotatable bonds is 9. The smallest absolute Gasteiger partial charge is 0.183 e. The summed E-state index contributed by atoms with van der Waals surface area (Å²) in [5.41, 5.74) is 1.29. The molecule has 2 aromatic rings. The number of nitrogens with zero attached hydrogens (tertiary/aromatic N) is 1. The molecule has 1 fully saturated rings. The molecule has 0 aromatic heterocycles. The summed E-state index contributed by atoms with van der Waals surface area (Å²) in [5, 5.41) is 2.14. The lowest BCUT2D eigenvalue weighted by atomic mass is 10.0. The van der Waals surface area contributed by atoms with E-state index in [0.717, 1.165) is 24.7 Å². The second-order valence-corrected chi connectivity index (χ2v) is 12.6. The van der Waals surface area contributed by atoms with Gasteiger partial charge in [0, 0.05) is 18.6 Å². The van der Waals surface area contributed by atoms with E-state index in [4.69, 9.17) is 0 Å². The normalized spacial score (nSPS) is 21.7. The maximum Gasteiger partial charge on any atom is 0.183 e. The van der Waals surface area contributed by atoms with Crippen molar-refractivity contribution in [1.82, 2.24) is 10.2 Å². The Morgan fingerprint density at radius 2 is 1.75 bits per heavy atom. The highest BCUT2D eigenvalue weighted by atomic mass is 32.2. The Balaban J connectivity index is 1.88. The van der Waals surface area contributed by atoms with Gasteiger partial charge in [-0.15, -0.1) is 0 Å². The van der Waals surface area contributed by atoms with Gasteiger partial charge in [-0.1, -0.05) is 44.2 Å². The highest BCUT2D eigenvalue weighted by molar-refractivity contribution is 7.96. The predicted molar refractivity (Wildman–Crippen MR) is 125 cm³/mol. The van der Waals surface area contributed by atoms with Gasteiger partial charge in [0.2, 0.25) is 0 Å². The molecular weight excluding hydrogens is 451 g/mol. The van der Waals surface area contributed by atoms with Crippen LogP contribution in [-0.4, -0.2) is 64.2 Å². The summed E-state index contributed by atoms with van der Waals surface area (Å²) in [6.45, 7) is 7.63. The largest absolute Gasteiger partial charge is 0.310 e. The standard InChI is InChI=1S/C23H31FN2O4S2/c1-4-26(5-2)22(18-9-7-6-8-10-18)14-25-21-15-31(27,28)16-23(21)32(29,30)19-11-12-20(24)17(3)13-19/h6-13,21-23,25H,4-5,14-16H2,1-3H3/t21-,22?,23-/m0/s1. The van der Waals surface area contributed by atoms with Crippen LogP contribution in [0.4, 0.5) is 4.39 Å². The Labute approximate surface area is 190 Å². The molecule has 3 atom stereocenters. The van der Waals surface area contributed by atoms with Gasteiger partial charge in [-0.2, -0.15) is 0 Å². The second kappa shape index (κ2) is 9.99. The van der Waals surface area contributed by atoms with Gasteiger partial charge < -0.3 is 5.32 Å². The third kappa shape index (κ3) is 5.39. The van der Waals surface area contributed by atoms with Gasteiger partial charge in [0.15, 0.2) is 19.7 Å². The predicted octanol–water partition coefficient (Wildman–Crippen LogP) is 2.75. The first kappa shape index (κ1) is 24.8. The Morgan fingerprint density at radius 1 is 1.09 bits per heavy atom.